The van der Waals surface area contributed by atoms with Gasteiger partial charge in [0.2, 0.25) is 0 Å². The van der Waals surface area contributed by atoms with Crippen LogP contribution in [0, 0.1) is 6.92 Å². The van der Waals surface area contributed by atoms with Crippen molar-refractivity contribution < 1.29 is 9.53 Å². The molecule has 0 aliphatic carbocycles. The highest BCUT2D eigenvalue weighted by Gasteiger charge is 2.07. The maximum atomic E-state index is 11.9. The average molecular weight is 266 g/mol. The van der Waals surface area contributed by atoms with Gasteiger partial charge in [-0.15, -0.1) is 0 Å². The highest BCUT2D eigenvalue weighted by Crippen LogP contribution is 2.08. The molecule has 0 atom stereocenters. The van der Waals surface area contributed by atoms with E-state index in [4.69, 9.17) is 10.6 Å². The van der Waals surface area contributed by atoms with E-state index in [0.717, 1.165) is 25.1 Å². The molecule has 1 heterocycles. The Balaban J connectivity index is 2.39. The molecular weight excluding hydrogens is 244 g/mol. The summed E-state index contributed by atoms with van der Waals surface area (Å²) in [4.78, 5) is 16.0. The summed E-state index contributed by atoms with van der Waals surface area (Å²) in [5.41, 5.74) is 3.74. The van der Waals surface area contributed by atoms with Gasteiger partial charge in [0, 0.05) is 31.0 Å². The van der Waals surface area contributed by atoms with Crippen molar-refractivity contribution in [2.45, 2.75) is 26.7 Å². The highest BCUT2D eigenvalue weighted by atomic mass is 16.5. The number of nitrogens with zero attached hydrogens (tertiary/aromatic N) is 1. The summed E-state index contributed by atoms with van der Waals surface area (Å²) in [6.07, 6.45) is 1.81. The summed E-state index contributed by atoms with van der Waals surface area (Å²) >= 11 is 0. The molecule has 0 unspecified atom stereocenters. The van der Waals surface area contributed by atoms with Crippen molar-refractivity contribution in [2.75, 3.05) is 25.2 Å². The molecule has 4 N–H and O–H groups in total. The van der Waals surface area contributed by atoms with E-state index in [1.165, 1.54) is 0 Å². The molecule has 0 radical (unpaired) electrons. The van der Waals surface area contributed by atoms with Crippen molar-refractivity contribution >= 4 is 11.7 Å². The lowest BCUT2D eigenvalue weighted by Crippen LogP contribution is -2.25. The molecule has 6 heteroatoms. The van der Waals surface area contributed by atoms with Gasteiger partial charge in [0.05, 0.1) is 0 Å². The third-order valence-electron chi connectivity index (χ3n) is 2.46. The molecule has 0 aliphatic heterocycles. The number of carbonyl (C=O) groups excluding carboxylic acids is 1. The molecule has 0 saturated carbocycles. The Hall–Kier alpha value is -1.66. The maximum Gasteiger partial charge on any atom is 0.251 e. The first-order chi connectivity index (χ1) is 9.17. The van der Waals surface area contributed by atoms with E-state index in [2.05, 4.69) is 22.7 Å². The quantitative estimate of drug-likeness (QED) is 0.374. The first-order valence-electron chi connectivity index (χ1n) is 6.48. The fourth-order valence-corrected chi connectivity index (χ4v) is 1.60. The third kappa shape index (κ3) is 5.67. The summed E-state index contributed by atoms with van der Waals surface area (Å²) in [6.45, 7) is 5.91. The number of aryl methyl sites for hydroxylation is 1. The molecule has 1 rings (SSSR count). The molecule has 19 heavy (non-hydrogen) atoms. The van der Waals surface area contributed by atoms with E-state index < -0.39 is 0 Å². The number of nitrogen functional groups attached to an aromatic ring is 1. The molecule has 6 nitrogen and oxygen atoms in total. The number of rotatable bonds is 8. The third-order valence-corrected chi connectivity index (χ3v) is 2.46. The van der Waals surface area contributed by atoms with Crippen molar-refractivity contribution in [3.05, 3.63) is 23.4 Å². The minimum Gasteiger partial charge on any atom is -0.381 e. The lowest BCUT2D eigenvalue weighted by molar-refractivity contribution is 0.0941. The molecule has 1 amide bonds. The molecule has 1 aromatic rings. The molecule has 0 aromatic carbocycles. The molecular formula is C13H22N4O2. The molecule has 106 valence electrons. The zero-order chi connectivity index (χ0) is 14.1. The number of carbonyl (C=O) groups is 1. The Morgan fingerprint density at radius 1 is 1.42 bits per heavy atom. The minimum atomic E-state index is -0.127. The fraction of sp³-hybridized carbons (Fsp3) is 0.538. The van der Waals surface area contributed by atoms with Gasteiger partial charge in [-0.05, 0) is 31.9 Å². The lowest BCUT2D eigenvalue weighted by Gasteiger charge is -2.08. The summed E-state index contributed by atoms with van der Waals surface area (Å²) in [7, 11) is 0. The van der Waals surface area contributed by atoms with Crippen LogP contribution in [0.5, 0.6) is 0 Å². The van der Waals surface area contributed by atoms with Crippen molar-refractivity contribution in [3.63, 3.8) is 0 Å². The lowest BCUT2D eigenvalue weighted by atomic mass is 10.2. The minimum absolute atomic E-state index is 0.127. The van der Waals surface area contributed by atoms with Gasteiger partial charge in [0.1, 0.15) is 5.82 Å². The number of hydrogen-bond acceptors (Lipinski definition) is 5. The van der Waals surface area contributed by atoms with Crippen LogP contribution >= 0.6 is 0 Å². The number of hydrazine groups is 1. The van der Waals surface area contributed by atoms with Crippen LogP contribution in [0.1, 0.15) is 35.8 Å². The first kappa shape index (κ1) is 15.4. The largest absolute Gasteiger partial charge is 0.381 e. The van der Waals surface area contributed by atoms with Gasteiger partial charge in [-0.1, -0.05) is 6.92 Å². The Morgan fingerprint density at radius 2 is 2.21 bits per heavy atom. The van der Waals surface area contributed by atoms with Crippen LogP contribution < -0.4 is 16.6 Å². The van der Waals surface area contributed by atoms with E-state index >= 15 is 0 Å². The topological polar surface area (TPSA) is 89.3 Å². The van der Waals surface area contributed by atoms with Gasteiger partial charge >= 0.3 is 0 Å². The van der Waals surface area contributed by atoms with Crippen molar-refractivity contribution in [3.8, 4) is 0 Å². The van der Waals surface area contributed by atoms with Gasteiger partial charge < -0.3 is 15.5 Å². The Kier molecular flexibility index (Phi) is 6.84. The van der Waals surface area contributed by atoms with Crippen LogP contribution in [0.3, 0.4) is 0 Å². The highest BCUT2D eigenvalue weighted by molar-refractivity contribution is 5.94. The van der Waals surface area contributed by atoms with Gasteiger partial charge in [-0.3, -0.25) is 4.79 Å². The number of aromatic nitrogens is 1. The van der Waals surface area contributed by atoms with E-state index in [0.29, 0.717) is 24.5 Å². The second kappa shape index (κ2) is 8.44. The van der Waals surface area contributed by atoms with Crippen LogP contribution in [-0.4, -0.2) is 30.6 Å². The molecule has 0 spiro atoms. The van der Waals surface area contributed by atoms with Gasteiger partial charge in [-0.2, -0.15) is 0 Å². The second-order valence-electron chi connectivity index (χ2n) is 4.25. The molecule has 0 fully saturated rings. The predicted molar refractivity (Wildman–Crippen MR) is 74.8 cm³/mol. The van der Waals surface area contributed by atoms with Crippen LogP contribution in [-0.2, 0) is 4.74 Å². The van der Waals surface area contributed by atoms with Crippen LogP contribution in [0.25, 0.3) is 0 Å². The van der Waals surface area contributed by atoms with Crippen molar-refractivity contribution in [1.82, 2.24) is 10.3 Å². The number of amides is 1. The number of ether oxygens (including phenoxy) is 1. The van der Waals surface area contributed by atoms with Crippen LogP contribution in [0.2, 0.25) is 0 Å². The zero-order valence-corrected chi connectivity index (χ0v) is 11.5. The number of pyridine rings is 1. The number of hydrogen-bond donors (Lipinski definition) is 3. The summed E-state index contributed by atoms with van der Waals surface area (Å²) < 4.78 is 5.34. The van der Waals surface area contributed by atoms with Gasteiger partial charge in [-0.25, -0.2) is 10.8 Å². The van der Waals surface area contributed by atoms with Crippen LogP contribution in [0.4, 0.5) is 5.82 Å². The van der Waals surface area contributed by atoms with E-state index in [1.807, 2.05) is 6.92 Å². The Morgan fingerprint density at radius 3 is 2.89 bits per heavy atom. The van der Waals surface area contributed by atoms with Crippen molar-refractivity contribution in [2.24, 2.45) is 5.84 Å². The molecule has 0 saturated heterocycles. The zero-order valence-electron chi connectivity index (χ0n) is 11.5. The van der Waals surface area contributed by atoms with Gasteiger partial charge in [0.25, 0.3) is 5.91 Å². The number of anilines is 1. The second-order valence-corrected chi connectivity index (χ2v) is 4.25. The summed E-state index contributed by atoms with van der Waals surface area (Å²) in [5.74, 6) is 5.65. The Bertz CT molecular complexity index is 410. The first-order valence-corrected chi connectivity index (χ1v) is 6.48. The normalized spacial score (nSPS) is 10.3. The summed E-state index contributed by atoms with van der Waals surface area (Å²) in [6, 6.07) is 3.35. The SMILES string of the molecule is CCCOCCCNC(=O)c1cc(C)nc(NN)c1. The van der Waals surface area contributed by atoms with Crippen LogP contribution in [0.15, 0.2) is 12.1 Å². The van der Waals surface area contributed by atoms with Gasteiger partial charge in [0.15, 0.2) is 0 Å². The molecule has 0 aliphatic rings. The molecule has 1 aromatic heterocycles. The standard InChI is InChI=1S/C13H22N4O2/c1-3-6-19-7-4-5-15-13(18)11-8-10(2)16-12(9-11)17-14/h8-9H,3-7,14H2,1-2H3,(H,15,18)(H,16,17). The Labute approximate surface area is 113 Å². The number of nitrogens with one attached hydrogen (secondary N) is 2. The number of nitrogens with two attached hydrogens (primary N) is 1. The predicted octanol–water partition coefficient (Wildman–Crippen LogP) is 1.22. The average Bonchev–Trinajstić information content (AvgIpc) is 2.41. The van der Waals surface area contributed by atoms with E-state index in [9.17, 15) is 4.79 Å². The van der Waals surface area contributed by atoms with E-state index in [1.54, 1.807) is 12.1 Å². The smallest absolute Gasteiger partial charge is 0.251 e. The summed E-state index contributed by atoms with van der Waals surface area (Å²) in [5, 5.41) is 2.84. The molecule has 0 bridgehead atoms. The monoisotopic (exact) mass is 266 g/mol. The van der Waals surface area contributed by atoms with E-state index in [-0.39, 0.29) is 5.91 Å². The van der Waals surface area contributed by atoms with Crippen molar-refractivity contribution in [1.29, 1.82) is 0 Å². The maximum absolute atomic E-state index is 11.9. The fourth-order valence-electron chi connectivity index (χ4n) is 1.60.